The fraction of sp³-hybridized carbons (Fsp3) is 0.417. The van der Waals surface area contributed by atoms with E-state index in [1.165, 1.54) is 29.1 Å². The molecule has 1 atom stereocenters. The molecule has 1 heterocycles. The van der Waals surface area contributed by atoms with Gasteiger partial charge in [-0.25, -0.2) is 4.68 Å². The molecule has 2 rings (SSSR count). The molecule has 9 nitrogen and oxygen atoms in total. The summed E-state index contributed by atoms with van der Waals surface area (Å²) >= 11 is 0. The van der Waals surface area contributed by atoms with E-state index in [2.05, 4.69) is 5.10 Å². The second-order valence-corrected chi connectivity index (χ2v) is 4.37. The van der Waals surface area contributed by atoms with Gasteiger partial charge in [-0.1, -0.05) is 0 Å². The summed E-state index contributed by atoms with van der Waals surface area (Å²) < 4.78 is 6.61. The number of nitro benzene ring substituents is 1. The van der Waals surface area contributed by atoms with E-state index in [-0.39, 0.29) is 5.69 Å². The fourth-order valence-electron chi connectivity index (χ4n) is 1.85. The summed E-state index contributed by atoms with van der Waals surface area (Å²) in [5.41, 5.74) is 0.444. The molecule has 1 aromatic carbocycles. The van der Waals surface area contributed by atoms with Crippen LogP contribution in [-0.2, 0) is 4.74 Å². The molecule has 21 heavy (non-hydrogen) atoms. The van der Waals surface area contributed by atoms with Gasteiger partial charge < -0.3 is 20.1 Å². The monoisotopic (exact) mass is 297 g/mol. The van der Waals surface area contributed by atoms with E-state index >= 15 is 0 Å². The Balaban J connectivity index is 2.29. The third-order valence-corrected chi connectivity index (χ3v) is 2.92. The number of hydrogen-bond donors (Lipinski definition) is 3. The maximum atomic E-state index is 10.7. The Hall–Kier alpha value is -2.07. The molecule has 0 radical (unpaired) electrons. The van der Waals surface area contributed by atoms with Crippen molar-refractivity contribution in [1.82, 2.24) is 9.78 Å². The molecule has 0 aliphatic rings. The highest BCUT2D eigenvalue weighted by atomic mass is 16.6. The molecule has 0 aliphatic heterocycles. The van der Waals surface area contributed by atoms with Crippen molar-refractivity contribution < 1.29 is 25.0 Å². The van der Waals surface area contributed by atoms with Crippen molar-refractivity contribution >= 4 is 16.6 Å². The third-order valence-electron chi connectivity index (χ3n) is 2.92. The number of hydrogen-bond acceptors (Lipinski definition) is 7. The average Bonchev–Trinajstić information content (AvgIpc) is 2.91. The second-order valence-electron chi connectivity index (χ2n) is 4.37. The molecule has 0 amide bonds. The highest BCUT2D eigenvalue weighted by Crippen LogP contribution is 2.22. The van der Waals surface area contributed by atoms with Crippen molar-refractivity contribution in [3.63, 3.8) is 0 Å². The van der Waals surface area contributed by atoms with Gasteiger partial charge in [0.15, 0.2) is 6.23 Å². The molecule has 3 N–H and O–H groups in total. The average molecular weight is 297 g/mol. The predicted octanol–water partition coefficient (Wildman–Crippen LogP) is -0.195. The minimum Gasteiger partial charge on any atom is -0.394 e. The molecule has 0 saturated carbocycles. The van der Waals surface area contributed by atoms with Crippen molar-refractivity contribution in [2.45, 2.75) is 12.3 Å². The molecule has 114 valence electrons. The van der Waals surface area contributed by atoms with Crippen molar-refractivity contribution in [2.75, 3.05) is 19.8 Å². The molecule has 2 aromatic rings. The fourth-order valence-corrected chi connectivity index (χ4v) is 1.85. The number of nitro groups is 1. The number of ether oxygens (including phenoxy) is 1. The molecule has 0 aliphatic carbocycles. The van der Waals surface area contributed by atoms with Gasteiger partial charge in [-0.05, 0) is 6.07 Å². The number of fused-ring (bicyclic) bond motifs is 1. The Morgan fingerprint density at radius 1 is 1.29 bits per heavy atom. The molecule has 0 bridgehead atoms. The van der Waals surface area contributed by atoms with Crippen LogP contribution in [-0.4, -0.2) is 55.9 Å². The first kappa shape index (κ1) is 15.3. The summed E-state index contributed by atoms with van der Waals surface area (Å²) in [7, 11) is 0. The molecular formula is C12H15N3O6. The van der Waals surface area contributed by atoms with Gasteiger partial charge in [-0.3, -0.25) is 10.1 Å². The van der Waals surface area contributed by atoms with Crippen LogP contribution in [0.2, 0.25) is 0 Å². The lowest BCUT2D eigenvalue weighted by Crippen LogP contribution is -2.29. The van der Waals surface area contributed by atoms with Crippen molar-refractivity contribution in [1.29, 1.82) is 0 Å². The molecule has 0 fully saturated rings. The van der Waals surface area contributed by atoms with Crippen molar-refractivity contribution in [2.24, 2.45) is 0 Å². The molecule has 1 aromatic heterocycles. The molecular weight excluding hydrogens is 282 g/mol. The Bertz CT molecular complexity index is 624. The zero-order chi connectivity index (χ0) is 15.4. The van der Waals surface area contributed by atoms with E-state index in [0.29, 0.717) is 10.9 Å². The summed E-state index contributed by atoms with van der Waals surface area (Å²) in [6.45, 7) is -1.23. The first-order valence-corrected chi connectivity index (χ1v) is 6.20. The van der Waals surface area contributed by atoms with Gasteiger partial charge in [0, 0.05) is 23.7 Å². The number of aliphatic hydroxyl groups is 3. The maximum absolute atomic E-state index is 10.7. The number of aliphatic hydroxyl groups excluding tert-OH is 3. The standard InChI is InChI=1S/C12H15N3O6/c16-5-10(6-17)21-12(7-18)14-4-8-3-9(15(19)20)1-2-11(8)13-14/h1-4,10,12,16-18H,5-7H2/t12-/m1/s1. The van der Waals surface area contributed by atoms with Crippen LogP contribution in [0.5, 0.6) is 0 Å². The van der Waals surface area contributed by atoms with Gasteiger partial charge in [0.05, 0.1) is 30.3 Å². The van der Waals surface area contributed by atoms with Gasteiger partial charge in [0.25, 0.3) is 5.69 Å². The van der Waals surface area contributed by atoms with Crippen LogP contribution in [0.1, 0.15) is 6.23 Å². The topological polar surface area (TPSA) is 131 Å². The quantitative estimate of drug-likeness (QED) is 0.476. The summed E-state index contributed by atoms with van der Waals surface area (Å²) in [5.74, 6) is 0. The number of non-ortho nitro benzene ring substituents is 1. The summed E-state index contributed by atoms with van der Waals surface area (Å²) in [5, 5.41) is 42.7. The van der Waals surface area contributed by atoms with Crippen molar-refractivity contribution in [3.05, 3.63) is 34.5 Å². The predicted molar refractivity (Wildman–Crippen MR) is 71.6 cm³/mol. The Morgan fingerprint density at radius 3 is 2.57 bits per heavy atom. The molecule has 0 unspecified atom stereocenters. The number of benzene rings is 1. The molecule has 0 saturated heterocycles. The summed E-state index contributed by atoms with van der Waals surface area (Å²) in [4.78, 5) is 10.2. The lowest BCUT2D eigenvalue weighted by atomic mass is 10.2. The second kappa shape index (κ2) is 6.59. The number of rotatable bonds is 7. The van der Waals surface area contributed by atoms with Crippen molar-refractivity contribution in [3.8, 4) is 0 Å². The van der Waals surface area contributed by atoms with E-state index in [0.717, 1.165) is 0 Å². The van der Waals surface area contributed by atoms with Crippen LogP contribution >= 0.6 is 0 Å². The lowest BCUT2D eigenvalue weighted by molar-refractivity contribution is -0.384. The molecule has 9 heteroatoms. The van der Waals surface area contributed by atoms with E-state index in [4.69, 9.17) is 14.9 Å². The van der Waals surface area contributed by atoms with Gasteiger partial charge >= 0.3 is 0 Å². The SMILES string of the molecule is O=[N+]([O-])c1ccc2nn([C@@H](CO)OC(CO)CO)cc2c1. The third kappa shape index (κ3) is 3.34. The normalized spacial score (nSPS) is 13.0. The minimum absolute atomic E-state index is 0.0629. The van der Waals surface area contributed by atoms with Crippen LogP contribution in [0.15, 0.2) is 24.4 Å². The summed E-state index contributed by atoms with van der Waals surface area (Å²) in [6.07, 6.45) is -0.251. The van der Waals surface area contributed by atoms with E-state index in [9.17, 15) is 15.2 Å². The van der Waals surface area contributed by atoms with E-state index in [1.54, 1.807) is 0 Å². The van der Waals surface area contributed by atoms with Gasteiger partial charge in [-0.2, -0.15) is 5.10 Å². The zero-order valence-electron chi connectivity index (χ0n) is 11.0. The number of aromatic nitrogens is 2. The van der Waals surface area contributed by atoms with Gasteiger partial charge in [0.2, 0.25) is 0 Å². The minimum atomic E-state index is -0.902. The smallest absolute Gasteiger partial charge is 0.270 e. The zero-order valence-corrected chi connectivity index (χ0v) is 11.0. The highest BCUT2D eigenvalue weighted by molar-refractivity contribution is 5.80. The maximum Gasteiger partial charge on any atom is 0.270 e. The first-order chi connectivity index (χ1) is 10.1. The lowest BCUT2D eigenvalue weighted by Gasteiger charge is -2.20. The summed E-state index contributed by atoms with van der Waals surface area (Å²) in [6, 6.07) is 4.19. The van der Waals surface area contributed by atoms with Crippen LogP contribution in [0.25, 0.3) is 10.9 Å². The van der Waals surface area contributed by atoms with E-state index < -0.39 is 37.1 Å². The Labute approximate surface area is 119 Å². The van der Waals surface area contributed by atoms with Gasteiger partial charge in [-0.15, -0.1) is 0 Å². The van der Waals surface area contributed by atoms with Gasteiger partial charge in [0.1, 0.15) is 6.10 Å². The van der Waals surface area contributed by atoms with Crippen LogP contribution in [0, 0.1) is 10.1 Å². The highest BCUT2D eigenvalue weighted by Gasteiger charge is 2.18. The first-order valence-electron chi connectivity index (χ1n) is 6.20. The van der Waals surface area contributed by atoms with Crippen LogP contribution in [0.4, 0.5) is 5.69 Å². The Morgan fingerprint density at radius 2 is 2.00 bits per heavy atom. The van der Waals surface area contributed by atoms with Crippen LogP contribution < -0.4 is 0 Å². The largest absolute Gasteiger partial charge is 0.394 e. The van der Waals surface area contributed by atoms with Crippen LogP contribution in [0.3, 0.4) is 0 Å². The molecule has 0 spiro atoms. The number of nitrogens with zero attached hydrogens (tertiary/aromatic N) is 3. The Kier molecular flexibility index (Phi) is 4.81. The van der Waals surface area contributed by atoms with E-state index in [1.807, 2.05) is 0 Å².